The molecule has 1 aliphatic heterocycles. The zero-order valence-corrected chi connectivity index (χ0v) is 9.61. The molecule has 2 nitrogen and oxygen atoms in total. The van der Waals surface area contributed by atoms with E-state index in [-0.39, 0.29) is 5.91 Å². The van der Waals surface area contributed by atoms with Crippen LogP contribution in [0.5, 0.6) is 0 Å². The van der Waals surface area contributed by atoms with Gasteiger partial charge in [-0.1, -0.05) is 41.9 Å². The number of carbonyl (C=O) groups is 1. The van der Waals surface area contributed by atoms with Crippen molar-refractivity contribution in [1.82, 2.24) is 0 Å². The van der Waals surface area contributed by atoms with E-state index in [1.165, 1.54) is 0 Å². The highest BCUT2D eigenvalue weighted by Crippen LogP contribution is 2.23. The number of fused-ring (bicyclic) bond motifs is 1. The Balaban J connectivity index is 2.15. The molecule has 0 radical (unpaired) electrons. The maximum Gasteiger partial charge on any atom is 0.278 e. The second-order valence-electron chi connectivity index (χ2n) is 3.82. The summed E-state index contributed by atoms with van der Waals surface area (Å²) in [6.07, 6.45) is 0. The fourth-order valence-electron chi connectivity index (χ4n) is 1.93. The van der Waals surface area contributed by atoms with Crippen molar-refractivity contribution in [2.75, 3.05) is 0 Å². The summed E-state index contributed by atoms with van der Waals surface area (Å²) in [5, 5.41) is 0.673. The highest BCUT2D eigenvalue weighted by atomic mass is 35.5. The Morgan fingerprint density at radius 2 is 1.53 bits per heavy atom. The Hall–Kier alpha value is -1.93. The van der Waals surface area contributed by atoms with Gasteiger partial charge in [0.25, 0.3) is 5.91 Å². The van der Waals surface area contributed by atoms with E-state index in [0.717, 1.165) is 16.8 Å². The Morgan fingerprint density at radius 3 is 2.24 bits per heavy atom. The van der Waals surface area contributed by atoms with Gasteiger partial charge in [-0.2, -0.15) is 0 Å². The number of benzene rings is 2. The van der Waals surface area contributed by atoms with Gasteiger partial charge in [0.15, 0.2) is 0 Å². The second kappa shape index (κ2) is 3.82. The largest absolute Gasteiger partial charge is 0.278 e. The fraction of sp³-hybridized carbons (Fsp3) is 0. The van der Waals surface area contributed by atoms with Crippen molar-refractivity contribution in [3.05, 3.63) is 70.2 Å². The van der Waals surface area contributed by atoms with E-state index in [9.17, 15) is 4.79 Å². The minimum absolute atomic E-state index is 0.175. The molecule has 0 spiro atoms. The molecule has 17 heavy (non-hydrogen) atoms. The summed E-state index contributed by atoms with van der Waals surface area (Å²) in [5.41, 5.74) is 3.19. The number of aliphatic imine (C=N–C) groups is 1. The molecular weight excluding hydrogens is 234 g/mol. The van der Waals surface area contributed by atoms with Crippen LogP contribution in [-0.4, -0.2) is 11.6 Å². The first kappa shape index (κ1) is 10.2. The maximum absolute atomic E-state index is 11.7. The van der Waals surface area contributed by atoms with Crippen LogP contribution in [0, 0.1) is 0 Å². The minimum atomic E-state index is -0.175. The van der Waals surface area contributed by atoms with Crippen molar-refractivity contribution in [1.29, 1.82) is 0 Å². The number of hydrogen-bond acceptors (Lipinski definition) is 1. The average molecular weight is 242 g/mol. The van der Waals surface area contributed by atoms with E-state index in [1.54, 1.807) is 18.2 Å². The van der Waals surface area contributed by atoms with Crippen LogP contribution in [0.15, 0.2) is 53.5 Å². The van der Waals surface area contributed by atoms with Gasteiger partial charge in [-0.25, -0.2) is 4.99 Å². The molecule has 1 aliphatic rings. The lowest BCUT2D eigenvalue weighted by molar-refractivity contribution is 0.101. The molecule has 3 rings (SSSR count). The first-order chi connectivity index (χ1) is 8.25. The molecule has 2 aromatic carbocycles. The Kier molecular flexibility index (Phi) is 2.30. The number of halogens is 1. The van der Waals surface area contributed by atoms with Gasteiger partial charge in [0.05, 0.1) is 11.3 Å². The van der Waals surface area contributed by atoms with Gasteiger partial charge in [-0.05, 0) is 18.2 Å². The zero-order chi connectivity index (χ0) is 11.8. The van der Waals surface area contributed by atoms with Gasteiger partial charge in [-0.3, -0.25) is 4.79 Å². The average Bonchev–Trinajstić information content (AvgIpc) is 2.69. The maximum atomic E-state index is 11.7. The highest BCUT2D eigenvalue weighted by Gasteiger charge is 2.23. The van der Waals surface area contributed by atoms with Crippen LogP contribution in [0.1, 0.15) is 21.5 Å². The van der Waals surface area contributed by atoms with Crippen molar-refractivity contribution in [3.63, 3.8) is 0 Å². The SMILES string of the molecule is O=C1N=C(c2ccc(Cl)cc2)c2ccccc21. The molecule has 0 saturated carbocycles. The summed E-state index contributed by atoms with van der Waals surface area (Å²) < 4.78 is 0. The molecule has 0 bridgehead atoms. The van der Waals surface area contributed by atoms with Crippen LogP contribution in [-0.2, 0) is 0 Å². The van der Waals surface area contributed by atoms with Crippen LogP contribution < -0.4 is 0 Å². The van der Waals surface area contributed by atoms with Crippen LogP contribution in [0.25, 0.3) is 0 Å². The van der Waals surface area contributed by atoms with Crippen molar-refractivity contribution in [3.8, 4) is 0 Å². The fourth-order valence-corrected chi connectivity index (χ4v) is 2.05. The topological polar surface area (TPSA) is 29.4 Å². The van der Waals surface area contributed by atoms with Crippen LogP contribution in [0.3, 0.4) is 0 Å². The van der Waals surface area contributed by atoms with Crippen molar-refractivity contribution < 1.29 is 4.79 Å². The van der Waals surface area contributed by atoms with E-state index < -0.39 is 0 Å². The predicted molar refractivity (Wildman–Crippen MR) is 67.9 cm³/mol. The molecule has 0 unspecified atom stereocenters. The monoisotopic (exact) mass is 241 g/mol. The lowest BCUT2D eigenvalue weighted by Crippen LogP contribution is -1.99. The molecule has 0 atom stereocenters. The molecule has 3 heteroatoms. The zero-order valence-electron chi connectivity index (χ0n) is 8.85. The summed E-state index contributed by atoms with van der Waals surface area (Å²) in [4.78, 5) is 15.8. The van der Waals surface area contributed by atoms with E-state index in [2.05, 4.69) is 4.99 Å². The molecule has 0 saturated heterocycles. The predicted octanol–water partition coefficient (Wildman–Crippen LogP) is 3.33. The molecule has 2 aromatic rings. The lowest BCUT2D eigenvalue weighted by Gasteiger charge is -2.02. The first-order valence-corrected chi connectivity index (χ1v) is 5.62. The van der Waals surface area contributed by atoms with Crippen LogP contribution in [0.2, 0.25) is 5.02 Å². The molecule has 0 aromatic heterocycles. The lowest BCUT2D eigenvalue weighted by atomic mass is 10.0. The number of nitrogens with zero attached hydrogens (tertiary/aromatic N) is 1. The molecule has 1 heterocycles. The number of amides is 1. The van der Waals surface area contributed by atoms with E-state index in [1.807, 2.05) is 30.3 Å². The first-order valence-electron chi connectivity index (χ1n) is 5.24. The third-order valence-corrected chi connectivity index (χ3v) is 3.00. The van der Waals surface area contributed by atoms with Gasteiger partial charge < -0.3 is 0 Å². The summed E-state index contributed by atoms with van der Waals surface area (Å²) in [6.45, 7) is 0. The van der Waals surface area contributed by atoms with Gasteiger partial charge in [-0.15, -0.1) is 0 Å². The number of carbonyl (C=O) groups excluding carboxylic acids is 1. The molecular formula is C14H8ClNO. The second-order valence-corrected chi connectivity index (χ2v) is 4.25. The molecule has 0 N–H and O–H groups in total. The van der Waals surface area contributed by atoms with E-state index >= 15 is 0 Å². The number of rotatable bonds is 1. The van der Waals surface area contributed by atoms with Gasteiger partial charge in [0.1, 0.15) is 0 Å². The van der Waals surface area contributed by atoms with E-state index in [0.29, 0.717) is 10.6 Å². The Labute approximate surface area is 104 Å². The van der Waals surface area contributed by atoms with Crippen molar-refractivity contribution in [2.45, 2.75) is 0 Å². The molecule has 82 valence electrons. The summed E-state index contributed by atoms with van der Waals surface area (Å²) in [5.74, 6) is -0.175. The van der Waals surface area contributed by atoms with E-state index in [4.69, 9.17) is 11.6 Å². The normalized spacial score (nSPS) is 13.5. The standard InChI is InChI=1S/C14H8ClNO/c15-10-7-5-9(6-8-10)13-11-3-1-2-4-12(11)14(17)16-13/h1-8H. The Morgan fingerprint density at radius 1 is 0.882 bits per heavy atom. The summed E-state index contributed by atoms with van der Waals surface area (Å²) in [7, 11) is 0. The van der Waals surface area contributed by atoms with Gasteiger partial charge >= 0.3 is 0 Å². The molecule has 0 aliphatic carbocycles. The van der Waals surface area contributed by atoms with Crippen molar-refractivity contribution in [2.24, 2.45) is 4.99 Å². The Bertz CT molecular complexity index is 629. The third kappa shape index (κ3) is 1.67. The third-order valence-electron chi connectivity index (χ3n) is 2.74. The highest BCUT2D eigenvalue weighted by molar-refractivity contribution is 6.31. The minimum Gasteiger partial charge on any atom is -0.267 e. The number of hydrogen-bond donors (Lipinski definition) is 0. The quantitative estimate of drug-likeness (QED) is 0.753. The summed E-state index contributed by atoms with van der Waals surface area (Å²) >= 11 is 5.84. The van der Waals surface area contributed by atoms with Crippen molar-refractivity contribution >= 4 is 23.2 Å². The summed E-state index contributed by atoms with van der Waals surface area (Å²) in [6, 6.07) is 14.8. The molecule has 1 amide bonds. The van der Waals surface area contributed by atoms with Crippen LogP contribution >= 0.6 is 11.6 Å². The molecule has 0 fully saturated rings. The van der Waals surface area contributed by atoms with Crippen LogP contribution in [0.4, 0.5) is 0 Å². The smallest absolute Gasteiger partial charge is 0.267 e. The van der Waals surface area contributed by atoms with Gasteiger partial charge in [0, 0.05) is 16.1 Å². The van der Waals surface area contributed by atoms with Gasteiger partial charge in [0.2, 0.25) is 0 Å².